The molecule has 32 heavy (non-hydrogen) atoms. The lowest BCUT2D eigenvalue weighted by atomic mass is 9.89. The molecule has 0 saturated heterocycles. The third kappa shape index (κ3) is 4.42. The van der Waals surface area contributed by atoms with Gasteiger partial charge in [-0.25, -0.2) is 13.4 Å². The largest absolute Gasteiger partial charge is 0.495 e. The number of methoxy groups -OCH3 is 1. The summed E-state index contributed by atoms with van der Waals surface area (Å²) < 4.78 is 34.3. The van der Waals surface area contributed by atoms with Crippen molar-refractivity contribution in [3.8, 4) is 17.0 Å². The zero-order valence-electron chi connectivity index (χ0n) is 18.3. The third-order valence-corrected chi connectivity index (χ3v) is 9.59. The predicted octanol–water partition coefficient (Wildman–Crippen LogP) is 5.00. The van der Waals surface area contributed by atoms with Crippen molar-refractivity contribution in [1.82, 2.24) is 9.38 Å². The summed E-state index contributed by atoms with van der Waals surface area (Å²) in [5.41, 5.74) is 2.67. The zero-order chi connectivity index (χ0) is 21.8. The van der Waals surface area contributed by atoms with Gasteiger partial charge in [-0.2, -0.15) is 0 Å². The van der Waals surface area contributed by atoms with Gasteiger partial charge in [0.1, 0.15) is 10.6 Å². The van der Waals surface area contributed by atoms with Crippen LogP contribution in [0.5, 0.6) is 5.75 Å². The summed E-state index contributed by atoms with van der Waals surface area (Å²) in [6.07, 6.45) is 7.17. The number of rotatable bonds is 6. The maximum atomic E-state index is 13.4. The minimum absolute atomic E-state index is 0. The van der Waals surface area contributed by atoms with Gasteiger partial charge in [-0.1, -0.05) is 0 Å². The van der Waals surface area contributed by atoms with Gasteiger partial charge in [0.2, 0.25) is 0 Å². The number of hydrogen-bond donors (Lipinski definition) is 1. The molecule has 0 aliphatic heterocycles. The highest BCUT2D eigenvalue weighted by Crippen LogP contribution is 2.44. The predicted molar refractivity (Wildman–Crippen MR) is 129 cm³/mol. The monoisotopic (exact) mass is 496 g/mol. The van der Waals surface area contributed by atoms with Crippen LogP contribution in [-0.2, 0) is 9.84 Å². The van der Waals surface area contributed by atoms with E-state index < -0.39 is 9.84 Å². The third-order valence-electron chi connectivity index (χ3n) is 6.54. The number of aromatic nitrogens is 2. The van der Waals surface area contributed by atoms with Crippen molar-refractivity contribution in [1.29, 1.82) is 0 Å². The zero-order valence-corrected chi connectivity index (χ0v) is 20.7. The number of nitrogens with zero attached hydrogens (tertiary/aromatic N) is 2. The number of halogens is 1. The molecule has 0 amide bonds. The van der Waals surface area contributed by atoms with Gasteiger partial charge in [0.15, 0.2) is 14.8 Å². The molecule has 2 aromatic heterocycles. The van der Waals surface area contributed by atoms with E-state index >= 15 is 0 Å². The molecule has 2 fully saturated rings. The molecule has 6 nitrogen and oxygen atoms in total. The van der Waals surface area contributed by atoms with Crippen molar-refractivity contribution >= 4 is 38.5 Å². The standard InChI is InChI=1S/C23H28N2O4S2.ClH/c1-14-22(25-12-20(16-5-6-16)30-23(25)24-14)17-7-10-19(29-2)21(11-17)31(27,28)13-15-3-8-18(26)9-4-15;/h7,10-12,15-16,18,26H,3-6,8-9,13H2,1-2H3;1H. The first-order valence-corrected chi connectivity index (χ1v) is 13.4. The van der Waals surface area contributed by atoms with E-state index in [0.717, 1.165) is 34.8 Å². The van der Waals surface area contributed by atoms with Crippen LogP contribution in [0.3, 0.4) is 0 Å². The fraction of sp³-hybridized carbons (Fsp3) is 0.522. The van der Waals surface area contributed by atoms with Crippen molar-refractivity contribution in [2.45, 2.75) is 62.4 Å². The number of ether oxygens (including phenoxy) is 1. The molecule has 0 atom stereocenters. The van der Waals surface area contributed by atoms with Crippen LogP contribution in [0.25, 0.3) is 16.2 Å². The van der Waals surface area contributed by atoms with Crippen LogP contribution in [0.4, 0.5) is 0 Å². The maximum absolute atomic E-state index is 13.4. The quantitative estimate of drug-likeness (QED) is 0.519. The van der Waals surface area contributed by atoms with E-state index in [-0.39, 0.29) is 35.1 Å². The summed E-state index contributed by atoms with van der Waals surface area (Å²) in [4.78, 5) is 7.28. The number of hydrogen-bond acceptors (Lipinski definition) is 6. The number of fused-ring (bicyclic) bond motifs is 1. The Bertz CT molecular complexity index is 1220. The Hall–Kier alpha value is -1.61. The Morgan fingerprint density at radius 2 is 1.91 bits per heavy atom. The molecule has 0 bridgehead atoms. The molecule has 2 saturated carbocycles. The van der Waals surface area contributed by atoms with Crippen LogP contribution in [0.2, 0.25) is 0 Å². The molecule has 0 spiro atoms. The molecule has 9 heteroatoms. The average Bonchev–Trinajstić information content (AvgIpc) is 3.44. The lowest BCUT2D eigenvalue weighted by Crippen LogP contribution is -2.24. The molecule has 1 N–H and O–H groups in total. The van der Waals surface area contributed by atoms with E-state index in [2.05, 4.69) is 10.6 Å². The molecular weight excluding hydrogens is 468 g/mol. The molecule has 0 radical (unpaired) electrons. The first-order chi connectivity index (χ1) is 14.9. The van der Waals surface area contributed by atoms with Gasteiger partial charge in [-0.15, -0.1) is 23.7 Å². The van der Waals surface area contributed by atoms with Crippen molar-refractivity contribution in [3.63, 3.8) is 0 Å². The Morgan fingerprint density at radius 3 is 2.56 bits per heavy atom. The first-order valence-electron chi connectivity index (χ1n) is 10.9. The summed E-state index contributed by atoms with van der Waals surface area (Å²) in [6, 6.07) is 5.41. The number of aryl methyl sites for hydroxylation is 1. The Balaban J connectivity index is 0.00000245. The summed E-state index contributed by atoms with van der Waals surface area (Å²) in [7, 11) is -2.02. The van der Waals surface area contributed by atoms with Crippen molar-refractivity contribution in [2.24, 2.45) is 5.92 Å². The van der Waals surface area contributed by atoms with Crippen LogP contribution in [0.1, 0.15) is 55.0 Å². The lowest BCUT2D eigenvalue weighted by molar-refractivity contribution is 0.113. The average molecular weight is 497 g/mol. The van der Waals surface area contributed by atoms with E-state index in [1.165, 1.54) is 24.8 Å². The molecule has 2 aliphatic carbocycles. The van der Waals surface area contributed by atoms with Gasteiger partial charge >= 0.3 is 0 Å². The first kappa shape index (κ1) is 23.5. The van der Waals surface area contributed by atoms with Gasteiger partial charge in [-0.3, -0.25) is 4.40 Å². The summed E-state index contributed by atoms with van der Waals surface area (Å²) in [5.74, 6) is 1.19. The molecule has 2 aliphatic rings. The minimum atomic E-state index is -3.53. The van der Waals surface area contributed by atoms with E-state index in [4.69, 9.17) is 9.72 Å². The van der Waals surface area contributed by atoms with Gasteiger partial charge < -0.3 is 9.84 Å². The highest BCUT2D eigenvalue weighted by Gasteiger charge is 2.30. The number of imidazole rings is 1. The second kappa shape index (κ2) is 8.97. The lowest BCUT2D eigenvalue weighted by Gasteiger charge is -2.25. The number of aliphatic hydroxyl groups excluding tert-OH is 1. The second-order valence-corrected chi connectivity index (χ2v) is 12.0. The molecule has 0 unspecified atom stereocenters. The van der Waals surface area contributed by atoms with E-state index in [0.29, 0.717) is 24.5 Å². The van der Waals surface area contributed by atoms with E-state index in [9.17, 15) is 13.5 Å². The minimum Gasteiger partial charge on any atom is -0.495 e. The number of thiazole rings is 1. The highest BCUT2D eigenvalue weighted by atomic mass is 35.5. The molecular formula is C23H29ClN2O4S2. The number of benzene rings is 1. The van der Waals surface area contributed by atoms with Gasteiger partial charge in [0.05, 0.1) is 30.4 Å². The Labute approximate surface area is 199 Å². The van der Waals surface area contributed by atoms with E-state index in [1.54, 1.807) is 23.5 Å². The summed E-state index contributed by atoms with van der Waals surface area (Å²) >= 11 is 1.73. The fourth-order valence-corrected chi connectivity index (χ4v) is 7.75. The Morgan fingerprint density at radius 1 is 1.19 bits per heavy atom. The smallest absolute Gasteiger partial charge is 0.194 e. The van der Waals surface area contributed by atoms with Crippen LogP contribution in [-0.4, -0.2) is 41.9 Å². The number of aliphatic hydroxyl groups is 1. The van der Waals surface area contributed by atoms with Crippen molar-refractivity contribution in [3.05, 3.63) is 35.0 Å². The number of sulfone groups is 1. The SMILES string of the molecule is COc1ccc(-c2c(C)nc3sc(C4CC4)cn23)cc1S(=O)(=O)CC1CCC(O)CC1.Cl. The molecule has 3 aromatic rings. The van der Waals surface area contributed by atoms with Gasteiger partial charge in [0, 0.05) is 16.6 Å². The van der Waals surface area contributed by atoms with Crippen LogP contribution >= 0.6 is 23.7 Å². The second-order valence-electron chi connectivity index (χ2n) is 8.93. The van der Waals surface area contributed by atoms with Crippen LogP contribution in [0, 0.1) is 12.8 Å². The highest BCUT2D eigenvalue weighted by molar-refractivity contribution is 7.91. The Kier molecular flexibility index (Phi) is 6.60. The fourth-order valence-electron chi connectivity index (χ4n) is 4.65. The van der Waals surface area contributed by atoms with Crippen LogP contribution in [0.15, 0.2) is 29.3 Å². The summed E-state index contributed by atoms with van der Waals surface area (Å²) in [5, 5.41) is 9.74. The van der Waals surface area contributed by atoms with Crippen molar-refractivity contribution in [2.75, 3.05) is 12.9 Å². The topological polar surface area (TPSA) is 80.9 Å². The van der Waals surface area contributed by atoms with Gasteiger partial charge in [-0.05, 0) is 75.5 Å². The van der Waals surface area contributed by atoms with Crippen LogP contribution < -0.4 is 4.74 Å². The van der Waals surface area contributed by atoms with E-state index in [1.807, 2.05) is 13.0 Å². The molecule has 1 aromatic carbocycles. The molecule has 5 rings (SSSR count). The summed E-state index contributed by atoms with van der Waals surface area (Å²) in [6.45, 7) is 1.97. The van der Waals surface area contributed by atoms with Gasteiger partial charge in [0.25, 0.3) is 0 Å². The molecule has 174 valence electrons. The molecule has 2 heterocycles. The van der Waals surface area contributed by atoms with Crippen molar-refractivity contribution < 1.29 is 18.3 Å². The maximum Gasteiger partial charge on any atom is 0.194 e. The normalized spacial score (nSPS) is 21.5.